The second-order valence-electron chi connectivity index (χ2n) is 4.27. The topological polar surface area (TPSA) is 12.0 Å². The molecule has 3 heteroatoms. The van der Waals surface area contributed by atoms with Gasteiger partial charge in [0.2, 0.25) is 0 Å². The SMILES string of the molecule is Cc1cc(CNCc2cscc2C)ccc1Br. The molecule has 0 fully saturated rings. The maximum Gasteiger partial charge on any atom is 0.0219 e. The zero-order chi connectivity index (χ0) is 12.3. The van der Waals surface area contributed by atoms with Gasteiger partial charge < -0.3 is 5.32 Å². The van der Waals surface area contributed by atoms with Crippen LogP contribution in [0.5, 0.6) is 0 Å². The first-order valence-corrected chi connectivity index (χ1v) is 7.38. The Hall–Kier alpha value is -0.640. The second kappa shape index (κ2) is 5.80. The van der Waals surface area contributed by atoms with Gasteiger partial charge in [0.05, 0.1) is 0 Å². The normalized spacial score (nSPS) is 10.8. The zero-order valence-electron chi connectivity index (χ0n) is 10.1. The Kier molecular flexibility index (Phi) is 4.37. The first-order chi connectivity index (χ1) is 8.16. The first kappa shape index (κ1) is 12.8. The molecule has 0 spiro atoms. The number of hydrogen-bond donors (Lipinski definition) is 1. The fourth-order valence-corrected chi connectivity index (χ4v) is 2.83. The molecule has 17 heavy (non-hydrogen) atoms. The quantitative estimate of drug-likeness (QED) is 0.881. The third kappa shape index (κ3) is 3.41. The Morgan fingerprint density at radius 1 is 1.12 bits per heavy atom. The minimum atomic E-state index is 0.920. The third-order valence-corrected chi connectivity index (χ3v) is 4.63. The van der Waals surface area contributed by atoms with Crippen molar-refractivity contribution in [2.24, 2.45) is 0 Å². The summed E-state index contributed by atoms with van der Waals surface area (Å²) in [5, 5.41) is 7.90. The molecule has 1 heterocycles. The average molecular weight is 310 g/mol. The molecule has 1 aromatic carbocycles. The predicted octanol–water partition coefficient (Wildman–Crippen LogP) is 4.42. The van der Waals surface area contributed by atoms with Gasteiger partial charge in [0.15, 0.2) is 0 Å². The van der Waals surface area contributed by atoms with Gasteiger partial charge in [0, 0.05) is 17.6 Å². The minimum Gasteiger partial charge on any atom is -0.309 e. The van der Waals surface area contributed by atoms with Crippen LogP contribution in [-0.2, 0) is 13.1 Å². The zero-order valence-corrected chi connectivity index (χ0v) is 12.5. The fourth-order valence-electron chi connectivity index (χ4n) is 1.73. The van der Waals surface area contributed by atoms with E-state index in [0.717, 1.165) is 13.1 Å². The van der Waals surface area contributed by atoms with Gasteiger partial charge in [-0.2, -0.15) is 11.3 Å². The Labute approximate surface area is 115 Å². The van der Waals surface area contributed by atoms with Gasteiger partial charge in [-0.25, -0.2) is 0 Å². The lowest BCUT2D eigenvalue weighted by molar-refractivity contribution is 0.692. The molecule has 2 rings (SSSR count). The van der Waals surface area contributed by atoms with Gasteiger partial charge in [-0.1, -0.05) is 28.1 Å². The molecule has 1 aromatic heterocycles. The van der Waals surface area contributed by atoms with Gasteiger partial charge in [-0.3, -0.25) is 0 Å². The highest BCUT2D eigenvalue weighted by Crippen LogP contribution is 2.17. The van der Waals surface area contributed by atoms with Crippen molar-refractivity contribution in [2.75, 3.05) is 0 Å². The van der Waals surface area contributed by atoms with E-state index in [1.807, 2.05) is 0 Å². The van der Waals surface area contributed by atoms with Crippen molar-refractivity contribution >= 4 is 27.3 Å². The third-order valence-electron chi connectivity index (χ3n) is 2.83. The maximum absolute atomic E-state index is 3.52. The van der Waals surface area contributed by atoms with Crippen molar-refractivity contribution in [1.29, 1.82) is 0 Å². The molecule has 0 bridgehead atoms. The van der Waals surface area contributed by atoms with Crippen LogP contribution in [0.3, 0.4) is 0 Å². The van der Waals surface area contributed by atoms with E-state index in [9.17, 15) is 0 Å². The van der Waals surface area contributed by atoms with Crippen LogP contribution in [0.25, 0.3) is 0 Å². The number of nitrogens with one attached hydrogen (secondary N) is 1. The van der Waals surface area contributed by atoms with E-state index in [0.29, 0.717) is 0 Å². The summed E-state index contributed by atoms with van der Waals surface area (Å²) in [5.74, 6) is 0. The van der Waals surface area contributed by atoms with Crippen LogP contribution in [0.15, 0.2) is 33.4 Å². The number of aryl methyl sites for hydroxylation is 2. The molecule has 0 unspecified atom stereocenters. The van der Waals surface area contributed by atoms with E-state index in [4.69, 9.17) is 0 Å². The molecule has 90 valence electrons. The molecular formula is C14H16BrNS. The molecule has 0 saturated carbocycles. The number of rotatable bonds is 4. The van der Waals surface area contributed by atoms with Crippen molar-refractivity contribution in [2.45, 2.75) is 26.9 Å². The molecule has 2 aromatic rings. The van der Waals surface area contributed by atoms with E-state index >= 15 is 0 Å². The summed E-state index contributed by atoms with van der Waals surface area (Å²) < 4.78 is 1.18. The van der Waals surface area contributed by atoms with Crippen LogP contribution in [0.4, 0.5) is 0 Å². The number of thiophene rings is 1. The van der Waals surface area contributed by atoms with Crippen molar-refractivity contribution in [3.05, 3.63) is 55.7 Å². The minimum absolute atomic E-state index is 0.920. The molecule has 0 atom stereocenters. The predicted molar refractivity (Wildman–Crippen MR) is 78.5 cm³/mol. The monoisotopic (exact) mass is 309 g/mol. The smallest absolute Gasteiger partial charge is 0.0219 e. The Balaban J connectivity index is 1.90. The molecule has 1 nitrogen and oxygen atoms in total. The molecule has 0 aliphatic carbocycles. The molecule has 0 saturated heterocycles. The van der Waals surface area contributed by atoms with Gasteiger partial charge in [-0.15, -0.1) is 0 Å². The Morgan fingerprint density at radius 3 is 2.59 bits per heavy atom. The second-order valence-corrected chi connectivity index (χ2v) is 5.87. The van der Waals surface area contributed by atoms with Crippen LogP contribution in [0, 0.1) is 13.8 Å². The molecule has 0 radical (unpaired) electrons. The highest BCUT2D eigenvalue weighted by molar-refractivity contribution is 9.10. The van der Waals surface area contributed by atoms with E-state index in [2.05, 4.69) is 64.1 Å². The van der Waals surface area contributed by atoms with Crippen molar-refractivity contribution in [1.82, 2.24) is 5.32 Å². The summed E-state index contributed by atoms with van der Waals surface area (Å²) in [6.45, 7) is 6.15. The summed E-state index contributed by atoms with van der Waals surface area (Å²) in [5.41, 5.74) is 5.41. The van der Waals surface area contributed by atoms with E-state index in [-0.39, 0.29) is 0 Å². The summed E-state index contributed by atoms with van der Waals surface area (Å²) in [6, 6.07) is 6.49. The molecular weight excluding hydrogens is 294 g/mol. The average Bonchev–Trinajstić information content (AvgIpc) is 2.70. The van der Waals surface area contributed by atoms with Crippen molar-refractivity contribution in [3.63, 3.8) is 0 Å². The Morgan fingerprint density at radius 2 is 1.94 bits per heavy atom. The van der Waals surface area contributed by atoms with Crippen LogP contribution in [0.2, 0.25) is 0 Å². The van der Waals surface area contributed by atoms with Gasteiger partial charge in [0.25, 0.3) is 0 Å². The van der Waals surface area contributed by atoms with E-state index in [1.165, 1.54) is 26.7 Å². The summed E-state index contributed by atoms with van der Waals surface area (Å²) in [7, 11) is 0. The number of benzene rings is 1. The first-order valence-electron chi connectivity index (χ1n) is 5.64. The molecule has 0 aliphatic heterocycles. The largest absolute Gasteiger partial charge is 0.309 e. The van der Waals surface area contributed by atoms with E-state index in [1.54, 1.807) is 11.3 Å². The molecule has 0 amide bonds. The van der Waals surface area contributed by atoms with Crippen molar-refractivity contribution in [3.8, 4) is 0 Å². The highest BCUT2D eigenvalue weighted by atomic mass is 79.9. The summed E-state index contributed by atoms with van der Waals surface area (Å²) >= 11 is 5.29. The maximum atomic E-state index is 3.52. The molecule has 0 aliphatic rings. The lowest BCUT2D eigenvalue weighted by Crippen LogP contribution is -2.12. The molecule has 1 N–H and O–H groups in total. The van der Waals surface area contributed by atoms with Crippen LogP contribution in [0.1, 0.15) is 22.3 Å². The van der Waals surface area contributed by atoms with Crippen LogP contribution < -0.4 is 5.32 Å². The van der Waals surface area contributed by atoms with E-state index < -0.39 is 0 Å². The lowest BCUT2D eigenvalue weighted by atomic mass is 10.1. The van der Waals surface area contributed by atoms with Gasteiger partial charge >= 0.3 is 0 Å². The fraction of sp³-hybridized carbons (Fsp3) is 0.286. The standard InChI is InChI=1S/C14H16BrNS/c1-10-5-12(3-4-14(10)15)6-16-7-13-9-17-8-11(13)2/h3-5,8-9,16H,6-7H2,1-2H3. The van der Waals surface area contributed by atoms with Crippen LogP contribution in [-0.4, -0.2) is 0 Å². The number of halogens is 1. The van der Waals surface area contributed by atoms with Crippen LogP contribution >= 0.6 is 27.3 Å². The van der Waals surface area contributed by atoms with Gasteiger partial charge in [-0.05, 0) is 52.9 Å². The number of hydrogen-bond acceptors (Lipinski definition) is 2. The lowest BCUT2D eigenvalue weighted by Gasteiger charge is -2.06. The summed E-state index contributed by atoms with van der Waals surface area (Å²) in [6.07, 6.45) is 0. The van der Waals surface area contributed by atoms with Crippen molar-refractivity contribution < 1.29 is 0 Å². The van der Waals surface area contributed by atoms with Gasteiger partial charge in [0.1, 0.15) is 0 Å². The Bertz CT molecular complexity index is 505. The summed E-state index contributed by atoms with van der Waals surface area (Å²) in [4.78, 5) is 0. The highest BCUT2D eigenvalue weighted by Gasteiger charge is 2.00.